The number of hydrogen-bond donors (Lipinski definition) is 6. The molecule has 1 aliphatic heterocycles. The average Bonchev–Trinajstić information content (AvgIpc) is 3.63. The normalized spacial score (nSPS) is 48.2. The third-order valence-corrected chi connectivity index (χ3v) is 14.7. The van der Waals surface area contributed by atoms with Gasteiger partial charge < -0.3 is 44.8 Å². The van der Waals surface area contributed by atoms with Crippen LogP contribution in [0.2, 0.25) is 0 Å². The van der Waals surface area contributed by atoms with E-state index >= 15 is 0 Å². The van der Waals surface area contributed by atoms with Crippen LogP contribution in [-0.4, -0.2) is 104 Å². The van der Waals surface area contributed by atoms with Gasteiger partial charge in [0.15, 0.2) is 12.1 Å². The van der Waals surface area contributed by atoms with Crippen LogP contribution >= 0.6 is 0 Å². The van der Waals surface area contributed by atoms with Gasteiger partial charge in [-0.15, -0.1) is 0 Å². The van der Waals surface area contributed by atoms with Crippen LogP contribution < -0.4 is 0 Å². The largest absolute Gasteiger partial charge is 0.460 e. The predicted octanol–water partition coefficient (Wildman–Crippen LogP) is 2.41. The molecule has 4 saturated carbocycles. The Labute approximate surface area is 284 Å². The van der Waals surface area contributed by atoms with E-state index in [-0.39, 0.29) is 53.0 Å². The molecule has 48 heavy (non-hydrogen) atoms. The molecule has 1 heterocycles. The lowest BCUT2D eigenvalue weighted by molar-refractivity contribution is -0.300. The number of fused-ring (bicyclic) bond motifs is 2. The summed E-state index contributed by atoms with van der Waals surface area (Å²) in [6.07, 6.45) is -1.19. The number of aliphatic hydroxyl groups excluding tert-OH is 5. The lowest BCUT2D eigenvalue weighted by Gasteiger charge is -2.60. The molecule has 0 aromatic heterocycles. The van der Waals surface area contributed by atoms with Crippen molar-refractivity contribution in [3.05, 3.63) is 11.6 Å². The van der Waals surface area contributed by atoms with E-state index < -0.39 is 71.2 Å². The number of Topliss-reactive ketones (excluding diaryl/α,β-unsaturated/α-hetero) is 1. The molecule has 0 bridgehead atoms. The molecule has 15 atom stereocenters. The van der Waals surface area contributed by atoms with Crippen LogP contribution in [0.3, 0.4) is 0 Å². The highest BCUT2D eigenvalue weighted by molar-refractivity contribution is 5.91. The second-order valence-electron chi connectivity index (χ2n) is 17.9. The number of hydrogen-bond acceptors (Lipinski definition) is 11. The van der Waals surface area contributed by atoms with E-state index in [4.69, 9.17) is 14.2 Å². The topological polar surface area (TPSA) is 183 Å². The predicted molar refractivity (Wildman–Crippen MR) is 173 cm³/mol. The molecule has 272 valence electrons. The minimum absolute atomic E-state index is 0.00373. The number of carbonyl (C=O) groups excluding carboxylic acids is 2. The first kappa shape index (κ1) is 36.4. The van der Waals surface area contributed by atoms with Gasteiger partial charge in [0.05, 0.1) is 18.3 Å². The Morgan fingerprint density at radius 3 is 2.38 bits per heavy atom. The number of ketones is 1. The van der Waals surface area contributed by atoms with Crippen LogP contribution in [0.1, 0.15) is 100 Å². The van der Waals surface area contributed by atoms with Gasteiger partial charge in [0, 0.05) is 18.3 Å². The van der Waals surface area contributed by atoms with Crippen molar-refractivity contribution < 1.29 is 54.4 Å². The van der Waals surface area contributed by atoms with E-state index in [9.17, 15) is 40.2 Å². The third-order valence-electron chi connectivity index (χ3n) is 14.7. The quantitative estimate of drug-likeness (QED) is 0.164. The fourth-order valence-electron chi connectivity index (χ4n) is 12.0. The summed E-state index contributed by atoms with van der Waals surface area (Å²) in [4.78, 5) is 26.2. The van der Waals surface area contributed by atoms with Gasteiger partial charge in [-0.25, -0.2) is 0 Å². The van der Waals surface area contributed by atoms with Crippen molar-refractivity contribution >= 4 is 11.8 Å². The van der Waals surface area contributed by atoms with Crippen molar-refractivity contribution in [2.45, 2.75) is 155 Å². The summed E-state index contributed by atoms with van der Waals surface area (Å²) in [5.41, 5.74) is -2.14. The van der Waals surface area contributed by atoms with E-state index in [0.29, 0.717) is 0 Å². The van der Waals surface area contributed by atoms with Crippen molar-refractivity contribution in [3.63, 3.8) is 0 Å². The van der Waals surface area contributed by atoms with E-state index in [0.717, 1.165) is 38.5 Å². The van der Waals surface area contributed by atoms with Crippen LogP contribution in [0.4, 0.5) is 0 Å². The van der Waals surface area contributed by atoms with Gasteiger partial charge in [-0.05, 0) is 92.3 Å². The summed E-state index contributed by atoms with van der Waals surface area (Å²) in [6, 6.07) is 0. The number of rotatable bonds is 8. The molecule has 2 unspecified atom stereocenters. The van der Waals surface area contributed by atoms with Crippen LogP contribution in [0.25, 0.3) is 0 Å². The number of allylic oxidation sites excluding steroid dienone is 1. The highest BCUT2D eigenvalue weighted by Gasteiger charge is 2.82. The van der Waals surface area contributed by atoms with Crippen molar-refractivity contribution in [1.82, 2.24) is 0 Å². The Morgan fingerprint density at radius 1 is 1.08 bits per heavy atom. The minimum atomic E-state index is -1.52. The van der Waals surface area contributed by atoms with E-state index in [1.54, 1.807) is 0 Å². The maximum atomic E-state index is 14.2. The molecule has 1 saturated heterocycles. The Kier molecular flexibility index (Phi) is 8.74. The number of ether oxygens (including phenoxy) is 3. The van der Waals surface area contributed by atoms with Gasteiger partial charge in [0.25, 0.3) is 0 Å². The zero-order chi connectivity index (χ0) is 35.6. The zero-order valence-electron chi connectivity index (χ0n) is 29.8. The fraction of sp³-hybridized carbons (Fsp3) is 0.892. The van der Waals surface area contributed by atoms with Crippen LogP contribution in [-0.2, 0) is 23.8 Å². The molecule has 0 amide bonds. The Hall–Kier alpha value is -1.44. The van der Waals surface area contributed by atoms with Crippen molar-refractivity contribution in [1.29, 1.82) is 0 Å². The Bertz CT molecular complexity index is 1340. The molecule has 6 rings (SSSR count). The molecule has 11 nitrogen and oxygen atoms in total. The molecule has 5 aliphatic carbocycles. The standard InChI is InChI=1S/C37H58O11/c1-18(15-21(47-19(2)38)29(43)33(5,6)45)25-27(41)30(44)35(8)23-10-9-22-32(3,4)24(48-31-28(42)26(40)20(39)16-46-31)11-12-36(22)17-37(23,36)14-13-34(25,35)7/h10,18,20-22,24-26,28-31,39-40,42-45H,9,11-17H2,1-8H3/t18-,20-,21-,22?,24+,25?,26+,28-,29-,30+,31+,34-,35-,36-,37+/m1/s1. The summed E-state index contributed by atoms with van der Waals surface area (Å²) in [7, 11) is 0. The van der Waals surface area contributed by atoms with Gasteiger partial charge in [0.1, 0.15) is 36.6 Å². The van der Waals surface area contributed by atoms with Crippen molar-refractivity contribution in [3.8, 4) is 0 Å². The molecule has 0 aromatic carbocycles. The monoisotopic (exact) mass is 678 g/mol. The number of carbonyl (C=O) groups is 2. The lowest BCUT2D eigenvalue weighted by Crippen LogP contribution is -2.58. The first-order valence-electron chi connectivity index (χ1n) is 17.9. The summed E-state index contributed by atoms with van der Waals surface area (Å²) in [6.45, 7) is 14.6. The number of esters is 1. The first-order chi connectivity index (χ1) is 22.1. The Balaban J connectivity index is 1.27. The van der Waals surface area contributed by atoms with Gasteiger partial charge in [-0.1, -0.05) is 46.3 Å². The van der Waals surface area contributed by atoms with Gasteiger partial charge in [-0.2, -0.15) is 0 Å². The second-order valence-corrected chi connectivity index (χ2v) is 17.9. The van der Waals surface area contributed by atoms with Gasteiger partial charge >= 0.3 is 5.97 Å². The molecule has 6 aliphatic rings. The van der Waals surface area contributed by atoms with Crippen molar-refractivity contribution in [2.75, 3.05) is 6.61 Å². The van der Waals surface area contributed by atoms with E-state index in [1.165, 1.54) is 26.3 Å². The highest BCUT2D eigenvalue weighted by Crippen LogP contribution is 2.87. The van der Waals surface area contributed by atoms with E-state index in [2.05, 4.69) is 33.8 Å². The van der Waals surface area contributed by atoms with Crippen LogP contribution in [0.15, 0.2) is 11.6 Å². The smallest absolute Gasteiger partial charge is 0.302 e. The SMILES string of the molecule is CC(=O)O[C@H](C[C@@H](C)C1C(=O)[C@H](O)[C@@]2(C)C3=CCC4C(C)(C)[C@@H](O[C@@H]5OC[C@@H](O)[C@H](O)[C@H]5O)CC[C@@]45C[C@@]35CC[C@]12C)[C@@H](O)C(C)(C)O. The van der Waals surface area contributed by atoms with Crippen LogP contribution in [0, 0.1) is 44.8 Å². The zero-order valence-corrected chi connectivity index (χ0v) is 29.8. The lowest BCUT2D eigenvalue weighted by atomic mass is 9.44. The fourth-order valence-corrected chi connectivity index (χ4v) is 12.0. The maximum absolute atomic E-state index is 14.2. The number of aliphatic hydroxyl groups is 6. The van der Waals surface area contributed by atoms with Gasteiger partial charge in [-0.3, -0.25) is 9.59 Å². The van der Waals surface area contributed by atoms with E-state index in [1.807, 2.05) is 6.92 Å². The molecule has 5 fully saturated rings. The third kappa shape index (κ3) is 4.89. The molecular weight excluding hydrogens is 620 g/mol. The molecule has 0 radical (unpaired) electrons. The molecule has 6 N–H and O–H groups in total. The summed E-state index contributed by atoms with van der Waals surface area (Å²) in [5, 5.41) is 64.1. The Morgan fingerprint density at radius 2 is 1.75 bits per heavy atom. The minimum Gasteiger partial charge on any atom is -0.460 e. The maximum Gasteiger partial charge on any atom is 0.302 e. The average molecular weight is 679 g/mol. The van der Waals surface area contributed by atoms with Gasteiger partial charge in [0.2, 0.25) is 0 Å². The summed E-state index contributed by atoms with van der Waals surface area (Å²) in [5.74, 6) is -1.41. The summed E-state index contributed by atoms with van der Waals surface area (Å²) < 4.78 is 17.5. The first-order valence-corrected chi connectivity index (χ1v) is 17.9. The van der Waals surface area contributed by atoms with Crippen LogP contribution in [0.5, 0.6) is 0 Å². The molecule has 0 aromatic rings. The molecule has 2 spiro atoms. The molecular formula is C37H58O11. The van der Waals surface area contributed by atoms with Crippen molar-refractivity contribution in [2.24, 2.45) is 44.8 Å². The highest BCUT2D eigenvalue weighted by atomic mass is 16.7. The summed E-state index contributed by atoms with van der Waals surface area (Å²) >= 11 is 0. The molecule has 11 heteroatoms. The second kappa shape index (κ2) is 11.5.